The monoisotopic (exact) mass is 604 g/mol. The Balaban J connectivity index is 1.39. The highest BCUT2D eigenvalue weighted by molar-refractivity contribution is 6.76. The van der Waals surface area contributed by atoms with E-state index in [1.807, 2.05) is 41.8 Å². The number of carbonyl (C=O) groups is 1. The SMILES string of the molecule is CCOC(=O)C1CCC(Oc2nc3cc(-c4ccc(-c5ccccc5)cc4)c(Cl)cc3n2COCC[Si](C)(C)C)CC1. The van der Waals surface area contributed by atoms with Crippen LogP contribution in [0, 0.1) is 5.92 Å². The van der Waals surface area contributed by atoms with Crippen LogP contribution in [0.2, 0.25) is 30.7 Å². The summed E-state index contributed by atoms with van der Waals surface area (Å²) in [5.74, 6) is -0.152. The first-order valence-corrected chi connectivity index (χ1v) is 19.1. The van der Waals surface area contributed by atoms with Gasteiger partial charge in [0.1, 0.15) is 12.8 Å². The Bertz CT molecular complexity index is 1490. The molecule has 42 heavy (non-hydrogen) atoms. The molecule has 5 rings (SSSR count). The van der Waals surface area contributed by atoms with E-state index in [0.717, 1.165) is 59.5 Å². The lowest BCUT2D eigenvalue weighted by Gasteiger charge is -2.27. The molecule has 0 bridgehead atoms. The van der Waals surface area contributed by atoms with E-state index >= 15 is 0 Å². The molecule has 6 nitrogen and oxygen atoms in total. The average molecular weight is 605 g/mol. The van der Waals surface area contributed by atoms with Crippen LogP contribution in [0.1, 0.15) is 32.6 Å². The van der Waals surface area contributed by atoms with Gasteiger partial charge in [0.05, 0.1) is 28.6 Å². The Labute approximate surface area is 255 Å². The second kappa shape index (κ2) is 13.4. The van der Waals surface area contributed by atoms with Crippen molar-refractivity contribution < 1.29 is 19.0 Å². The molecule has 1 fully saturated rings. The van der Waals surface area contributed by atoms with Crippen LogP contribution >= 0.6 is 11.6 Å². The van der Waals surface area contributed by atoms with Crippen LogP contribution < -0.4 is 4.74 Å². The summed E-state index contributed by atoms with van der Waals surface area (Å²) in [5.41, 5.74) is 5.98. The highest BCUT2D eigenvalue weighted by atomic mass is 35.5. The molecule has 0 atom stereocenters. The van der Waals surface area contributed by atoms with Crippen LogP contribution in [0.5, 0.6) is 6.01 Å². The van der Waals surface area contributed by atoms with Crippen molar-refractivity contribution in [2.24, 2.45) is 5.92 Å². The van der Waals surface area contributed by atoms with Gasteiger partial charge in [-0.15, -0.1) is 0 Å². The first-order chi connectivity index (χ1) is 20.2. The topological polar surface area (TPSA) is 62.6 Å². The van der Waals surface area contributed by atoms with Crippen LogP contribution in [-0.4, -0.2) is 42.9 Å². The normalized spacial score (nSPS) is 17.4. The third-order valence-corrected chi connectivity index (χ3v) is 9.90. The first-order valence-electron chi connectivity index (χ1n) is 15.0. The smallest absolute Gasteiger partial charge is 0.308 e. The van der Waals surface area contributed by atoms with Gasteiger partial charge in [-0.05, 0) is 67.5 Å². The van der Waals surface area contributed by atoms with E-state index < -0.39 is 8.07 Å². The molecular formula is C34H41ClN2O4Si. The lowest BCUT2D eigenvalue weighted by Crippen LogP contribution is -2.29. The summed E-state index contributed by atoms with van der Waals surface area (Å²) in [6.45, 7) is 10.3. The molecule has 222 valence electrons. The zero-order chi connectivity index (χ0) is 29.7. The number of fused-ring (bicyclic) bond motifs is 1. The summed E-state index contributed by atoms with van der Waals surface area (Å²) in [6.07, 6.45) is 3.05. The standard InChI is InChI=1S/C34H41ClN2O4Si/c1-5-40-33(38)27-15-17-28(18-16-27)41-34-36-31-21-29(26-13-11-25(12-14-26)24-9-7-6-8-10-24)30(35)22-32(31)37(34)23-39-19-20-42(2,3)4/h6-14,21-22,27-28H,5,15-20,23H2,1-4H3. The van der Waals surface area contributed by atoms with Crippen molar-refractivity contribution in [2.45, 2.75) is 71.1 Å². The van der Waals surface area contributed by atoms with E-state index in [2.05, 4.69) is 56.0 Å². The Morgan fingerprint density at radius 1 is 0.952 bits per heavy atom. The van der Waals surface area contributed by atoms with Crippen LogP contribution in [0.3, 0.4) is 0 Å². The van der Waals surface area contributed by atoms with E-state index in [0.29, 0.717) is 31.0 Å². The van der Waals surface area contributed by atoms with Gasteiger partial charge in [-0.3, -0.25) is 9.36 Å². The van der Waals surface area contributed by atoms with E-state index in [-0.39, 0.29) is 18.0 Å². The maximum atomic E-state index is 12.2. The predicted octanol–water partition coefficient (Wildman–Crippen LogP) is 8.84. The van der Waals surface area contributed by atoms with Crippen molar-refractivity contribution >= 4 is 36.7 Å². The van der Waals surface area contributed by atoms with Gasteiger partial charge in [-0.1, -0.05) is 85.8 Å². The largest absolute Gasteiger partial charge is 0.466 e. The first kappa shape index (κ1) is 30.3. The highest BCUT2D eigenvalue weighted by Gasteiger charge is 2.29. The van der Waals surface area contributed by atoms with Gasteiger partial charge in [-0.2, -0.15) is 4.98 Å². The zero-order valence-corrected chi connectivity index (χ0v) is 26.8. The predicted molar refractivity (Wildman–Crippen MR) is 173 cm³/mol. The maximum absolute atomic E-state index is 12.2. The van der Waals surface area contributed by atoms with E-state index in [4.69, 9.17) is 30.8 Å². The second-order valence-corrected chi connectivity index (χ2v) is 18.3. The van der Waals surface area contributed by atoms with Gasteiger partial charge in [0.2, 0.25) is 0 Å². The Hall–Kier alpha value is -3.13. The lowest BCUT2D eigenvalue weighted by atomic mass is 9.87. The summed E-state index contributed by atoms with van der Waals surface area (Å²) in [6, 6.07) is 24.4. The number of rotatable bonds is 11. The molecule has 1 saturated carbocycles. The molecule has 4 aromatic rings. The summed E-state index contributed by atoms with van der Waals surface area (Å²) in [7, 11) is -1.22. The lowest BCUT2D eigenvalue weighted by molar-refractivity contribution is -0.149. The molecule has 0 unspecified atom stereocenters. The molecule has 0 N–H and O–H groups in total. The minimum atomic E-state index is -1.22. The highest BCUT2D eigenvalue weighted by Crippen LogP contribution is 2.36. The van der Waals surface area contributed by atoms with Crippen molar-refractivity contribution in [3.8, 4) is 28.3 Å². The number of esters is 1. The average Bonchev–Trinajstić information content (AvgIpc) is 3.30. The molecule has 1 heterocycles. The van der Waals surface area contributed by atoms with Crippen molar-refractivity contribution in [2.75, 3.05) is 13.2 Å². The number of imidazole rings is 1. The number of carbonyl (C=O) groups excluding carboxylic acids is 1. The van der Waals surface area contributed by atoms with Crippen LogP contribution in [0.15, 0.2) is 66.7 Å². The van der Waals surface area contributed by atoms with Gasteiger partial charge >= 0.3 is 5.97 Å². The van der Waals surface area contributed by atoms with E-state index in [1.165, 1.54) is 5.56 Å². The Morgan fingerprint density at radius 3 is 2.29 bits per heavy atom. The van der Waals surface area contributed by atoms with E-state index in [1.54, 1.807) is 0 Å². The fraction of sp³-hybridized carbons (Fsp3) is 0.412. The van der Waals surface area contributed by atoms with Crippen molar-refractivity contribution in [3.05, 3.63) is 71.8 Å². The maximum Gasteiger partial charge on any atom is 0.308 e. The summed E-state index contributed by atoms with van der Waals surface area (Å²) in [5, 5.41) is 0.653. The van der Waals surface area contributed by atoms with Crippen LogP contribution in [-0.2, 0) is 21.0 Å². The number of hydrogen-bond donors (Lipinski definition) is 0. The number of hydrogen-bond acceptors (Lipinski definition) is 5. The minimum Gasteiger partial charge on any atom is -0.466 e. The fourth-order valence-electron chi connectivity index (χ4n) is 5.39. The van der Waals surface area contributed by atoms with Gasteiger partial charge in [0.25, 0.3) is 6.01 Å². The van der Waals surface area contributed by atoms with Gasteiger partial charge in [-0.25, -0.2) is 0 Å². The van der Waals surface area contributed by atoms with Crippen molar-refractivity contribution in [1.82, 2.24) is 9.55 Å². The Kier molecular flexibility index (Phi) is 9.71. The van der Waals surface area contributed by atoms with E-state index in [9.17, 15) is 4.79 Å². The number of aromatic nitrogens is 2. The molecular weight excluding hydrogens is 564 g/mol. The molecule has 1 aliphatic rings. The van der Waals surface area contributed by atoms with Crippen LogP contribution in [0.25, 0.3) is 33.3 Å². The quantitative estimate of drug-likeness (QED) is 0.0972. The third-order valence-electron chi connectivity index (χ3n) is 7.89. The van der Waals surface area contributed by atoms with Gasteiger partial charge in [0, 0.05) is 20.2 Å². The molecule has 8 heteroatoms. The van der Waals surface area contributed by atoms with Crippen molar-refractivity contribution in [1.29, 1.82) is 0 Å². The number of halogens is 1. The van der Waals surface area contributed by atoms with Gasteiger partial charge in [0.15, 0.2) is 0 Å². The van der Waals surface area contributed by atoms with Gasteiger partial charge < -0.3 is 14.2 Å². The summed E-state index contributed by atoms with van der Waals surface area (Å²) < 4.78 is 19.9. The molecule has 0 spiro atoms. The third kappa shape index (κ3) is 7.44. The number of benzene rings is 3. The molecule has 0 radical (unpaired) electrons. The molecule has 0 saturated heterocycles. The summed E-state index contributed by atoms with van der Waals surface area (Å²) >= 11 is 6.90. The molecule has 0 amide bonds. The number of ether oxygens (including phenoxy) is 3. The molecule has 1 aliphatic carbocycles. The van der Waals surface area contributed by atoms with Crippen LogP contribution in [0.4, 0.5) is 0 Å². The second-order valence-electron chi connectivity index (χ2n) is 12.3. The zero-order valence-electron chi connectivity index (χ0n) is 25.1. The molecule has 3 aromatic carbocycles. The molecule has 0 aliphatic heterocycles. The van der Waals surface area contributed by atoms with Crippen molar-refractivity contribution in [3.63, 3.8) is 0 Å². The molecule has 1 aromatic heterocycles. The fourth-order valence-corrected chi connectivity index (χ4v) is 6.42. The number of nitrogens with zero attached hydrogens (tertiary/aromatic N) is 2. The summed E-state index contributed by atoms with van der Waals surface area (Å²) in [4.78, 5) is 17.1. The Morgan fingerprint density at radius 2 is 1.62 bits per heavy atom. The minimum absolute atomic E-state index is 0.0197.